The van der Waals surface area contributed by atoms with E-state index in [-0.39, 0.29) is 11.3 Å². The topological polar surface area (TPSA) is 58.4 Å². The normalized spacial score (nSPS) is 24.7. The number of nitrogens with one attached hydrogen (secondary N) is 1. The highest BCUT2D eigenvalue weighted by Gasteiger charge is 2.34. The van der Waals surface area contributed by atoms with E-state index in [9.17, 15) is 4.79 Å². The van der Waals surface area contributed by atoms with Crippen LogP contribution in [0.5, 0.6) is 0 Å². The molecule has 0 aromatic rings. The van der Waals surface area contributed by atoms with E-state index in [0.717, 1.165) is 38.4 Å². The lowest BCUT2D eigenvalue weighted by molar-refractivity contribution is -0.122. The molecule has 0 spiro atoms. The molecule has 1 heterocycles. The lowest BCUT2D eigenvalue weighted by Crippen LogP contribution is -2.37. The molecule has 1 unspecified atom stereocenters. The van der Waals surface area contributed by atoms with Crippen molar-refractivity contribution >= 4 is 5.91 Å². The fraction of sp³-hybridized carbons (Fsp3) is 0.933. The van der Waals surface area contributed by atoms with E-state index < -0.39 is 0 Å². The first-order valence-electron chi connectivity index (χ1n) is 7.74. The zero-order valence-corrected chi connectivity index (χ0v) is 12.5. The van der Waals surface area contributed by atoms with Gasteiger partial charge in [-0.3, -0.25) is 9.69 Å². The average molecular weight is 267 g/mol. The maximum Gasteiger partial charge on any atom is 0.220 e. The molecule has 0 bridgehead atoms. The summed E-state index contributed by atoms with van der Waals surface area (Å²) in [6.45, 7) is 7.31. The maximum absolute atomic E-state index is 12.0. The minimum Gasteiger partial charge on any atom is -0.352 e. The number of rotatable bonds is 7. The Kier molecular flexibility index (Phi) is 4.85. The molecule has 3 N–H and O–H groups in total. The van der Waals surface area contributed by atoms with Gasteiger partial charge in [0.25, 0.3) is 0 Å². The number of likely N-dealkylation sites (tertiary alicyclic amines) is 1. The molecule has 4 heteroatoms. The number of nitrogens with zero attached hydrogens (tertiary/aromatic N) is 1. The van der Waals surface area contributed by atoms with E-state index in [1.165, 1.54) is 12.8 Å². The van der Waals surface area contributed by atoms with Gasteiger partial charge in [0.2, 0.25) is 5.91 Å². The fourth-order valence-corrected chi connectivity index (χ4v) is 2.94. The van der Waals surface area contributed by atoms with Crippen molar-refractivity contribution in [1.82, 2.24) is 10.2 Å². The predicted octanol–water partition coefficient (Wildman–Crippen LogP) is 1.49. The lowest BCUT2D eigenvalue weighted by Gasteiger charge is -2.24. The van der Waals surface area contributed by atoms with Crippen molar-refractivity contribution in [1.29, 1.82) is 0 Å². The van der Waals surface area contributed by atoms with E-state index in [0.29, 0.717) is 19.0 Å². The smallest absolute Gasteiger partial charge is 0.220 e. The molecule has 1 saturated heterocycles. The summed E-state index contributed by atoms with van der Waals surface area (Å²) in [5, 5.41) is 3.19. The van der Waals surface area contributed by atoms with E-state index in [2.05, 4.69) is 24.1 Å². The standard InChI is InChI=1S/C15H29N3O/c1-15(2,8-9-16)7-5-14(19)17-12-6-10-18(11-12)13-3-4-13/h12-13H,3-11,16H2,1-2H3,(H,17,19). The van der Waals surface area contributed by atoms with Crippen LogP contribution in [0.15, 0.2) is 0 Å². The van der Waals surface area contributed by atoms with Gasteiger partial charge in [-0.25, -0.2) is 0 Å². The molecule has 2 aliphatic rings. The van der Waals surface area contributed by atoms with Gasteiger partial charge in [0.15, 0.2) is 0 Å². The molecular formula is C15H29N3O. The van der Waals surface area contributed by atoms with Gasteiger partial charge in [0.05, 0.1) is 0 Å². The Bertz CT molecular complexity index is 313. The van der Waals surface area contributed by atoms with E-state index in [1.807, 2.05) is 0 Å². The summed E-state index contributed by atoms with van der Waals surface area (Å²) in [6, 6.07) is 1.20. The minimum atomic E-state index is 0.182. The van der Waals surface area contributed by atoms with Gasteiger partial charge >= 0.3 is 0 Å². The minimum absolute atomic E-state index is 0.182. The van der Waals surface area contributed by atoms with Crippen LogP contribution < -0.4 is 11.1 Å². The van der Waals surface area contributed by atoms with Crippen LogP contribution in [0.1, 0.15) is 52.4 Å². The Morgan fingerprint density at radius 2 is 2.05 bits per heavy atom. The van der Waals surface area contributed by atoms with E-state index in [4.69, 9.17) is 5.73 Å². The van der Waals surface area contributed by atoms with Gasteiger partial charge in [-0.2, -0.15) is 0 Å². The Balaban J connectivity index is 1.64. The van der Waals surface area contributed by atoms with Crippen LogP contribution in [0.3, 0.4) is 0 Å². The molecule has 1 aliphatic carbocycles. The number of carbonyl (C=O) groups excluding carboxylic acids is 1. The van der Waals surface area contributed by atoms with Gasteiger partial charge in [-0.1, -0.05) is 13.8 Å². The SMILES string of the molecule is CC(C)(CCN)CCC(=O)NC1CCN(C2CC2)C1. The summed E-state index contributed by atoms with van der Waals surface area (Å²) in [4.78, 5) is 14.5. The van der Waals surface area contributed by atoms with Crippen LogP contribution in [-0.2, 0) is 4.79 Å². The largest absolute Gasteiger partial charge is 0.352 e. The Morgan fingerprint density at radius 1 is 1.32 bits per heavy atom. The predicted molar refractivity (Wildman–Crippen MR) is 77.8 cm³/mol. The Morgan fingerprint density at radius 3 is 2.68 bits per heavy atom. The molecular weight excluding hydrogens is 238 g/mol. The summed E-state index contributed by atoms with van der Waals surface area (Å²) in [7, 11) is 0. The van der Waals surface area contributed by atoms with Crippen LogP contribution in [-0.4, -0.2) is 42.5 Å². The average Bonchev–Trinajstić information content (AvgIpc) is 3.09. The molecule has 0 aromatic carbocycles. The number of hydrogen-bond acceptors (Lipinski definition) is 3. The monoisotopic (exact) mass is 267 g/mol. The highest BCUT2D eigenvalue weighted by Crippen LogP contribution is 2.30. The first-order valence-corrected chi connectivity index (χ1v) is 7.74. The molecule has 1 atom stereocenters. The van der Waals surface area contributed by atoms with Crippen molar-refractivity contribution in [2.24, 2.45) is 11.1 Å². The third-order valence-electron chi connectivity index (χ3n) is 4.50. The first-order chi connectivity index (χ1) is 9.00. The second-order valence-electron chi connectivity index (χ2n) is 6.98. The highest BCUT2D eigenvalue weighted by atomic mass is 16.1. The van der Waals surface area contributed by atoms with Crippen LogP contribution >= 0.6 is 0 Å². The molecule has 0 radical (unpaired) electrons. The van der Waals surface area contributed by atoms with Crippen LogP contribution in [0.2, 0.25) is 0 Å². The summed E-state index contributed by atoms with van der Waals surface area (Å²) in [5.41, 5.74) is 5.78. The number of nitrogens with two attached hydrogens (primary N) is 1. The summed E-state index contributed by atoms with van der Waals surface area (Å²) < 4.78 is 0. The Hall–Kier alpha value is -0.610. The zero-order valence-electron chi connectivity index (χ0n) is 12.5. The zero-order chi connectivity index (χ0) is 13.9. The van der Waals surface area contributed by atoms with Gasteiger partial charge in [-0.05, 0) is 44.1 Å². The molecule has 19 heavy (non-hydrogen) atoms. The van der Waals surface area contributed by atoms with E-state index >= 15 is 0 Å². The van der Waals surface area contributed by atoms with Gasteiger partial charge < -0.3 is 11.1 Å². The number of carbonyl (C=O) groups is 1. The van der Waals surface area contributed by atoms with Crippen molar-refractivity contribution in [2.75, 3.05) is 19.6 Å². The van der Waals surface area contributed by atoms with Crippen molar-refractivity contribution in [3.8, 4) is 0 Å². The molecule has 1 saturated carbocycles. The van der Waals surface area contributed by atoms with Crippen LogP contribution in [0, 0.1) is 5.41 Å². The van der Waals surface area contributed by atoms with Crippen LogP contribution in [0.25, 0.3) is 0 Å². The summed E-state index contributed by atoms with van der Waals surface area (Å²) in [5.74, 6) is 0.216. The molecule has 1 amide bonds. The fourth-order valence-electron chi connectivity index (χ4n) is 2.94. The number of hydrogen-bond donors (Lipinski definition) is 2. The third-order valence-corrected chi connectivity index (χ3v) is 4.50. The molecule has 110 valence electrons. The first kappa shape index (κ1) is 14.8. The number of amides is 1. The second kappa shape index (κ2) is 6.23. The van der Waals surface area contributed by atoms with Gasteiger partial charge in [0.1, 0.15) is 0 Å². The summed E-state index contributed by atoms with van der Waals surface area (Å²) in [6.07, 6.45) is 6.37. The van der Waals surface area contributed by atoms with Crippen molar-refractivity contribution in [3.05, 3.63) is 0 Å². The van der Waals surface area contributed by atoms with E-state index in [1.54, 1.807) is 0 Å². The summed E-state index contributed by atoms with van der Waals surface area (Å²) >= 11 is 0. The van der Waals surface area contributed by atoms with Crippen LogP contribution in [0.4, 0.5) is 0 Å². The van der Waals surface area contributed by atoms with Gasteiger partial charge in [-0.15, -0.1) is 0 Å². The molecule has 1 aliphatic heterocycles. The molecule has 4 nitrogen and oxygen atoms in total. The lowest BCUT2D eigenvalue weighted by atomic mass is 9.84. The van der Waals surface area contributed by atoms with Gasteiger partial charge in [0, 0.05) is 31.6 Å². The molecule has 0 aromatic heterocycles. The van der Waals surface area contributed by atoms with Crippen molar-refractivity contribution < 1.29 is 4.79 Å². The quantitative estimate of drug-likeness (QED) is 0.735. The van der Waals surface area contributed by atoms with Crippen molar-refractivity contribution in [2.45, 2.75) is 64.5 Å². The maximum atomic E-state index is 12.0. The second-order valence-corrected chi connectivity index (χ2v) is 6.98. The molecule has 2 rings (SSSR count). The third kappa shape index (κ3) is 4.77. The Labute approximate surface area is 117 Å². The molecule has 2 fully saturated rings. The highest BCUT2D eigenvalue weighted by molar-refractivity contribution is 5.76. The van der Waals surface area contributed by atoms with Crippen molar-refractivity contribution in [3.63, 3.8) is 0 Å².